The maximum absolute atomic E-state index is 4.81. The summed E-state index contributed by atoms with van der Waals surface area (Å²) in [5, 5.41) is 14.8. The average Bonchev–Trinajstić information content (AvgIpc) is 3.16. The summed E-state index contributed by atoms with van der Waals surface area (Å²) in [6.45, 7) is 4.16. The van der Waals surface area contributed by atoms with Crippen molar-refractivity contribution in [2.45, 2.75) is 38.9 Å². The third-order valence-corrected chi connectivity index (χ3v) is 3.38. The van der Waals surface area contributed by atoms with Gasteiger partial charge in [0.1, 0.15) is 24.1 Å². The van der Waals surface area contributed by atoms with Gasteiger partial charge in [0, 0.05) is 25.1 Å². The van der Waals surface area contributed by atoms with Crippen LogP contribution in [0.2, 0.25) is 0 Å². The van der Waals surface area contributed by atoms with Crippen LogP contribution in [0.25, 0.3) is 0 Å². The summed E-state index contributed by atoms with van der Waals surface area (Å²) in [6, 6.07) is 2.12. The van der Waals surface area contributed by atoms with Crippen LogP contribution in [0.3, 0.4) is 0 Å². The molecule has 0 amide bonds. The van der Waals surface area contributed by atoms with Crippen LogP contribution in [0.1, 0.15) is 24.9 Å². The van der Waals surface area contributed by atoms with E-state index in [1.54, 1.807) is 12.6 Å². The number of aliphatic imine (C=N–C) groups is 1. The Bertz CT molecular complexity index is 589. The Labute approximate surface area is 122 Å². The highest BCUT2D eigenvalue weighted by atomic mass is 16.5. The minimum absolute atomic E-state index is 0.300. The summed E-state index contributed by atoms with van der Waals surface area (Å²) in [6.07, 6.45) is 5.12. The zero-order valence-electron chi connectivity index (χ0n) is 12.0. The van der Waals surface area contributed by atoms with E-state index in [0.717, 1.165) is 43.4 Å². The highest BCUT2D eigenvalue weighted by Gasteiger charge is 2.20. The van der Waals surface area contributed by atoms with Crippen molar-refractivity contribution in [3.05, 3.63) is 30.2 Å². The molecule has 0 saturated heterocycles. The number of hydrogen-bond acceptors (Lipinski definition) is 5. The van der Waals surface area contributed by atoms with Crippen LogP contribution in [0, 0.1) is 0 Å². The molecule has 0 saturated carbocycles. The molecule has 1 aliphatic heterocycles. The fourth-order valence-corrected chi connectivity index (χ4v) is 2.35. The highest BCUT2D eigenvalue weighted by molar-refractivity contribution is 5.80. The standard InChI is InChI=1S/C13H19N7O/c1-2-14-13(15-7-10-5-6-21-19-10)18-11-3-4-12-16-9-17-20(12)8-11/h5-6,9,11H,2-4,7-8H2,1H3,(H2,14,15,18). The fourth-order valence-electron chi connectivity index (χ4n) is 2.35. The van der Waals surface area contributed by atoms with Crippen molar-refractivity contribution in [2.24, 2.45) is 4.99 Å². The fraction of sp³-hybridized carbons (Fsp3) is 0.538. The van der Waals surface area contributed by atoms with Crippen LogP contribution in [-0.4, -0.2) is 38.5 Å². The van der Waals surface area contributed by atoms with Crippen molar-refractivity contribution < 1.29 is 4.52 Å². The molecule has 112 valence electrons. The largest absolute Gasteiger partial charge is 0.364 e. The molecule has 2 aromatic rings. The van der Waals surface area contributed by atoms with Gasteiger partial charge >= 0.3 is 0 Å². The SMILES string of the molecule is CCNC(=NCc1ccon1)NC1CCc2ncnn2C1. The first-order chi connectivity index (χ1) is 10.3. The monoisotopic (exact) mass is 289 g/mol. The van der Waals surface area contributed by atoms with Gasteiger partial charge in [0.05, 0.1) is 13.1 Å². The van der Waals surface area contributed by atoms with E-state index in [4.69, 9.17) is 4.52 Å². The maximum atomic E-state index is 4.81. The lowest BCUT2D eigenvalue weighted by molar-refractivity contribution is 0.392. The number of rotatable bonds is 4. The van der Waals surface area contributed by atoms with Gasteiger partial charge in [0.25, 0.3) is 0 Å². The molecule has 0 aliphatic carbocycles. The van der Waals surface area contributed by atoms with Gasteiger partial charge in [-0.05, 0) is 13.3 Å². The van der Waals surface area contributed by atoms with Crippen LogP contribution < -0.4 is 10.6 Å². The van der Waals surface area contributed by atoms with Gasteiger partial charge < -0.3 is 15.2 Å². The summed E-state index contributed by atoms with van der Waals surface area (Å²) in [5.74, 6) is 1.84. The predicted octanol–water partition coefficient (Wildman–Crippen LogP) is 0.336. The van der Waals surface area contributed by atoms with Crippen molar-refractivity contribution in [1.82, 2.24) is 30.6 Å². The Morgan fingerprint density at radius 3 is 3.33 bits per heavy atom. The average molecular weight is 289 g/mol. The molecule has 0 radical (unpaired) electrons. The number of hydrogen-bond donors (Lipinski definition) is 2. The molecule has 0 spiro atoms. The zero-order valence-corrected chi connectivity index (χ0v) is 12.0. The normalized spacial score (nSPS) is 18.3. The smallest absolute Gasteiger partial charge is 0.191 e. The Morgan fingerprint density at radius 2 is 2.52 bits per heavy atom. The van der Waals surface area contributed by atoms with Crippen LogP contribution in [-0.2, 0) is 19.5 Å². The first-order valence-corrected chi connectivity index (χ1v) is 7.16. The van der Waals surface area contributed by atoms with Gasteiger partial charge in [-0.15, -0.1) is 0 Å². The lowest BCUT2D eigenvalue weighted by Crippen LogP contribution is -2.47. The van der Waals surface area contributed by atoms with Gasteiger partial charge in [0.15, 0.2) is 5.96 Å². The minimum atomic E-state index is 0.300. The molecule has 2 aromatic heterocycles. The molecule has 1 aliphatic rings. The molecule has 1 atom stereocenters. The van der Waals surface area contributed by atoms with Gasteiger partial charge in [-0.3, -0.25) is 0 Å². The van der Waals surface area contributed by atoms with Crippen LogP contribution in [0.15, 0.2) is 28.2 Å². The third-order valence-electron chi connectivity index (χ3n) is 3.38. The van der Waals surface area contributed by atoms with Crippen molar-refractivity contribution in [3.63, 3.8) is 0 Å². The molecule has 3 rings (SSSR count). The number of aromatic nitrogens is 4. The van der Waals surface area contributed by atoms with Crippen molar-refractivity contribution in [3.8, 4) is 0 Å². The molecule has 0 fully saturated rings. The quantitative estimate of drug-likeness (QED) is 0.622. The van der Waals surface area contributed by atoms with Crippen molar-refractivity contribution in [1.29, 1.82) is 0 Å². The molecule has 0 aromatic carbocycles. The van der Waals surface area contributed by atoms with Gasteiger partial charge in [-0.1, -0.05) is 5.16 Å². The van der Waals surface area contributed by atoms with E-state index >= 15 is 0 Å². The van der Waals surface area contributed by atoms with E-state index in [2.05, 4.69) is 30.9 Å². The second-order valence-electron chi connectivity index (χ2n) is 4.92. The molecular weight excluding hydrogens is 270 g/mol. The summed E-state index contributed by atoms with van der Waals surface area (Å²) in [5.41, 5.74) is 0.814. The van der Waals surface area contributed by atoms with Gasteiger partial charge in [0.2, 0.25) is 0 Å². The van der Waals surface area contributed by atoms with E-state index in [1.165, 1.54) is 0 Å². The first kappa shape index (κ1) is 13.6. The predicted molar refractivity (Wildman–Crippen MR) is 76.6 cm³/mol. The topological polar surface area (TPSA) is 93.2 Å². The van der Waals surface area contributed by atoms with E-state index < -0.39 is 0 Å². The number of guanidine groups is 1. The number of fused-ring (bicyclic) bond motifs is 1. The van der Waals surface area contributed by atoms with Crippen LogP contribution in [0.5, 0.6) is 0 Å². The Hall–Kier alpha value is -2.38. The lowest BCUT2D eigenvalue weighted by Gasteiger charge is -2.25. The summed E-state index contributed by atoms with van der Waals surface area (Å²) in [4.78, 5) is 8.76. The molecule has 2 N–H and O–H groups in total. The first-order valence-electron chi connectivity index (χ1n) is 7.16. The maximum Gasteiger partial charge on any atom is 0.191 e. The summed E-state index contributed by atoms with van der Waals surface area (Å²) >= 11 is 0. The third kappa shape index (κ3) is 3.39. The minimum Gasteiger partial charge on any atom is -0.364 e. The molecule has 21 heavy (non-hydrogen) atoms. The Morgan fingerprint density at radius 1 is 1.57 bits per heavy atom. The highest BCUT2D eigenvalue weighted by Crippen LogP contribution is 2.11. The molecule has 3 heterocycles. The summed E-state index contributed by atoms with van der Waals surface area (Å²) in [7, 11) is 0. The Kier molecular flexibility index (Phi) is 4.13. The molecule has 8 nitrogen and oxygen atoms in total. The number of nitrogens with zero attached hydrogens (tertiary/aromatic N) is 5. The van der Waals surface area contributed by atoms with Gasteiger partial charge in [-0.25, -0.2) is 14.7 Å². The number of nitrogens with one attached hydrogen (secondary N) is 2. The van der Waals surface area contributed by atoms with E-state index in [0.29, 0.717) is 12.6 Å². The van der Waals surface area contributed by atoms with Crippen LogP contribution in [0.4, 0.5) is 0 Å². The van der Waals surface area contributed by atoms with Crippen molar-refractivity contribution >= 4 is 5.96 Å². The Balaban J connectivity index is 1.61. The van der Waals surface area contributed by atoms with Crippen molar-refractivity contribution in [2.75, 3.05) is 6.54 Å². The second kappa shape index (κ2) is 6.38. The lowest BCUT2D eigenvalue weighted by atomic mass is 10.1. The molecular formula is C13H19N7O. The van der Waals surface area contributed by atoms with Crippen LogP contribution >= 0.6 is 0 Å². The van der Waals surface area contributed by atoms with E-state index in [-0.39, 0.29) is 0 Å². The molecule has 8 heteroatoms. The molecule has 1 unspecified atom stereocenters. The summed E-state index contributed by atoms with van der Waals surface area (Å²) < 4.78 is 6.76. The van der Waals surface area contributed by atoms with E-state index in [9.17, 15) is 0 Å². The van der Waals surface area contributed by atoms with E-state index in [1.807, 2.05) is 17.7 Å². The number of aryl methyl sites for hydroxylation is 1. The van der Waals surface area contributed by atoms with Gasteiger partial charge in [-0.2, -0.15) is 5.10 Å². The zero-order chi connectivity index (χ0) is 14.5. The molecule has 0 bridgehead atoms. The second-order valence-corrected chi connectivity index (χ2v) is 4.92.